The van der Waals surface area contributed by atoms with Crippen molar-refractivity contribution in [2.75, 3.05) is 71.4 Å². The number of hydrogen-bond donors (Lipinski definition) is 6. The van der Waals surface area contributed by atoms with Gasteiger partial charge in [0.2, 0.25) is 23.5 Å². The number of likely N-dealkylation sites (tertiary alicyclic amines) is 3. The Balaban J connectivity index is 0.000000575. The molecular weight excluding hydrogens is 2280 g/mol. The number of benzene rings is 7. The van der Waals surface area contributed by atoms with Crippen LogP contribution in [0.3, 0.4) is 0 Å². The van der Waals surface area contributed by atoms with Crippen molar-refractivity contribution in [3.8, 4) is 23.5 Å². The Morgan fingerprint density at radius 3 is 1.16 bits per heavy atom. The standard InChI is InChI=1S/C21H29N3O3.C19H26BrN3O3.C14H17BrN2O3.C12H13BrN2O3.C11H21NO2.C9H9BrN2O.C7H5BrN2O.C7H6BrNO2.7CH4/c1-6-15-8-9-18-17(14-15)19(26-7-2)22-24(18)16-10-12-23(13-11-16)20(25)27-21(3,4)5;1-5-25-17-15-12-13(20)6-7-16(15)23(21-17)14-8-10-22(11-9-14)18(24)26-19(2,3)4;1-5-19-12-10-8-9(15)6-7-11(10)17(16-12)13(18)20-14(2,3)4;1-12(2,3)18-11(17)15-9-5-4-7(13)6-8(9)10(16)14-15;1-9-5-7-12(8-6-9)10(13)14-11(2,3)4;1-2-13-9-7-5-6(10)3-4-8(7)11-12-9;8-4-1-2-6-5(3-4)7(11)10-9-6;8-4-1-2-6(9)5(3-4)7(10)11;;;;;;;/h6,8-9,14,16H,1,7,10-13H2,2-5H3;6-7,12,14H,5,8-11H2,1-4H3;6-8H,5H2,1-4H3;4-6H,1-3H3,(H,14,16);9H,5-8H2,1-4H3;3-5H,2H2,1H3,(H,11,12);1-3H,(H2,9,10,11);1-3H,9H2,(H,10,11);7*1H4. The molecule has 7 N–H and O–H groups in total. The molecule has 9 heterocycles. The average Bonchev–Trinajstić information content (AvgIpc) is 1.63. The van der Waals surface area contributed by atoms with Gasteiger partial charge in [-0.3, -0.25) is 39.3 Å². The fourth-order valence-corrected chi connectivity index (χ4v) is 16.5. The van der Waals surface area contributed by atoms with Gasteiger partial charge in [0.1, 0.15) is 28.0 Å². The van der Waals surface area contributed by atoms with Crippen molar-refractivity contribution >= 4 is 209 Å². The number of nitrogens with zero attached hydrogens (tertiary/aromatic N) is 11. The number of amides is 3. The molecule has 3 amide bonds. The Hall–Kier alpha value is -11.2. The van der Waals surface area contributed by atoms with Gasteiger partial charge >= 0.3 is 36.4 Å². The number of ether oxygens (including phenoxy) is 9. The van der Waals surface area contributed by atoms with Crippen molar-refractivity contribution in [2.45, 2.75) is 269 Å². The fraction of sp³-hybridized carbons (Fsp3) is 0.477. The van der Waals surface area contributed by atoms with Gasteiger partial charge in [0.15, 0.2) is 0 Å². The Morgan fingerprint density at radius 1 is 0.401 bits per heavy atom. The van der Waals surface area contributed by atoms with Crippen LogP contribution in [-0.4, -0.2) is 209 Å². The van der Waals surface area contributed by atoms with E-state index in [-0.39, 0.29) is 110 Å². The summed E-state index contributed by atoms with van der Waals surface area (Å²) in [4.78, 5) is 98.9. The van der Waals surface area contributed by atoms with Crippen molar-refractivity contribution in [1.82, 2.24) is 74.2 Å². The smallest absolute Gasteiger partial charge is 0.435 e. The van der Waals surface area contributed by atoms with E-state index in [1.165, 1.54) is 10.7 Å². The van der Waals surface area contributed by atoms with Crippen LogP contribution in [0.1, 0.15) is 257 Å². The van der Waals surface area contributed by atoms with E-state index in [1.54, 1.807) is 73.0 Å². The van der Waals surface area contributed by atoms with Gasteiger partial charge in [-0.2, -0.15) is 9.36 Å². The Bertz CT molecular complexity index is 6580. The van der Waals surface area contributed by atoms with Gasteiger partial charge in [0, 0.05) is 71.8 Å². The van der Waals surface area contributed by atoms with E-state index < -0.39 is 40.6 Å². The number of nitrogens with one attached hydrogen (secondary N) is 4. The normalized spacial score (nSPS) is 13.1. The van der Waals surface area contributed by atoms with E-state index in [2.05, 4.69) is 167 Å². The number of nitrogen functional groups attached to an aromatic ring is 1. The van der Waals surface area contributed by atoms with Crippen LogP contribution in [0.15, 0.2) is 170 Å². The second kappa shape index (κ2) is 58.7. The van der Waals surface area contributed by atoms with Crippen LogP contribution in [0.5, 0.6) is 23.5 Å². The Kier molecular flexibility index (Phi) is 52.6. The van der Waals surface area contributed by atoms with Crippen LogP contribution in [-0.2, 0) is 23.7 Å². The van der Waals surface area contributed by atoms with E-state index in [1.807, 2.05) is 182 Å². The number of H-pyrrole nitrogens is 4. The molecule has 0 atom stereocenters. The summed E-state index contributed by atoms with van der Waals surface area (Å²) < 4.78 is 60.9. The number of anilines is 1. The number of carbonyl (C=O) groups is 6. The van der Waals surface area contributed by atoms with Crippen LogP contribution in [0.2, 0.25) is 0 Å². The minimum atomic E-state index is -1.01. The van der Waals surface area contributed by atoms with Crippen LogP contribution < -0.4 is 35.8 Å². The summed E-state index contributed by atoms with van der Waals surface area (Å²) in [6, 6.07) is 39.5. The summed E-state index contributed by atoms with van der Waals surface area (Å²) in [7, 11) is 0. The zero-order chi connectivity index (χ0) is 103. The monoisotopic (exact) mass is 2420 g/mol. The molecule has 0 saturated carbocycles. The maximum absolute atomic E-state index is 12.3. The first kappa shape index (κ1) is 132. The first-order valence-electron chi connectivity index (χ1n) is 45.9. The molecular formula is C107H154Br6N16O18. The first-order chi connectivity index (χ1) is 65.8. The van der Waals surface area contributed by atoms with Crippen LogP contribution in [0.25, 0.3) is 71.5 Å². The number of carboxylic acids is 1. The molecule has 147 heavy (non-hydrogen) atoms. The maximum Gasteiger partial charge on any atom is 0.435 e. The number of piperidine rings is 3. The third-order valence-electron chi connectivity index (χ3n) is 20.7. The molecule has 0 aliphatic carbocycles. The second-order valence-electron chi connectivity index (χ2n) is 37.7. The predicted molar refractivity (Wildman–Crippen MR) is 614 cm³/mol. The average molecular weight is 2430 g/mol. The molecule has 3 aliphatic heterocycles. The van der Waals surface area contributed by atoms with Crippen LogP contribution in [0, 0.1) is 5.92 Å². The highest BCUT2D eigenvalue weighted by Gasteiger charge is 2.34. The Labute approximate surface area is 915 Å². The summed E-state index contributed by atoms with van der Waals surface area (Å²) in [5, 5.41) is 41.8. The van der Waals surface area contributed by atoms with E-state index in [0.717, 1.165) is 134 Å². The molecule has 7 aromatic carbocycles. The number of halogens is 6. The molecule has 16 rings (SSSR count). The zero-order valence-electron chi connectivity index (χ0n) is 82.6. The van der Waals surface area contributed by atoms with Crippen molar-refractivity contribution in [3.63, 3.8) is 0 Å². The number of carbonyl (C=O) groups excluding carboxylic acids is 5. The van der Waals surface area contributed by atoms with Gasteiger partial charge in [-0.05, 0) is 303 Å². The fourth-order valence-electron chi connectivity index (χ4n) is 14.4. The van der Waals surface area contributed by atoms with E-state index >= 15 is 0 Å². The van der Waals surface area contributed by atoms with Gasteiger partial charge in [0.25, 0.3) is 11.1 Å². The lowest BCUT2D eigenvalue weighted by molar-refractivity contribution is 0.0175. The van der Waals surface area contributed by atoms with Crippen molar-refractivity contribution in [2.24, 2.45) is 5.92 Å². The third kappa shape index (κ3) is 39.0. The number of fused-ring (bicyclic) bond motifs is 6. The number of aromatic carboxylic acids is 1. The molecule has 13 aromatic rings. The molecule has 3 saturated heterocycles. The molecule has 3 fully saturated rings. The highest BCUT2D eigenvalue weighted by molar-refractivity contribution is 9.11. The minimum Gasteiger partial charge on any atom is -0.478 e. The molecule has 34 nitrogen and oxygen atoms in total. The molecule has 0 radical (unpaired) electrons. The number of rotatable bonds is 12. The Morgan fingerprint density at radius 2 is 0.741 bits per heavy atom. The molecule has 0 unspecified atom stereocenters. The topological polar surface area (TPSA) is 410 Å². The van der Waals surface area contributed by atoms with Gasteiger partial charge in [-0.15, -0.1) is 20.4 Å². The lowest BCUT2D eigenvalue weighted by atomic mass is 10.00. The second-order valence-corrected chi connectivity index (χ2v) is 43.2. The SMILES string of the molecule is C.C.C.C.C.C.C.C=Cc1ccc2c(c1)c(OCC)nn2C1CCN(C(=O)OC(C)(C)C)CC1.CC(C)(C)OC(=O)n1[nH]c(=O)c2cc(Br)ccc21.CC1CCN(C(=O)OC(C)(C)C)CC1.CCOc1n[nH]c2ccc(Br)cc12.CCOc1nn(C(=O)OC(C)(C)C)c2ccc(Br)cc12.CCOc1nn(C2CCN(C(=O)OC(C)(C)C)CC2)c2ccc(Br)cc12.Nc1ccc(Br)cc1C(=O)O.O=c1[nH][nH]c2ccc(Br)cc12. The van der Waals surface area contributed by atoms with Gasteiger partial charge in [0.05, 0.1) is 109 Å². The third-order valence-corrected chi connectivity index (χ3v) is 23.7. The van der Waals surface area contributed by atoms with Gasteiger partial charge < -0.3 is 68.2 Å². The highest BCUT2D eigenvalue weighted by atomic mass is 79.9. The molecule has 3 aliphatic rings. The van der Waals surface area contributed by atoms with Crippen LogP contribution in [0.4, 0.5) is 29.7 Å². The molecule has 0 spiro atoms. The summed E-state index contributed by atoms with van der Waals surface area (Å²) >= 11 is 20.0. The van der Waals surface area contributed by atoms with E-state index in [9.17, 15) is 38.4 Å². The number of hydrogen-bond acceptors (Lipinski definition) is 22. The number of aromatic nitrogens is 12. The molecule has 812 valence electrons. The summed E-state index contributed by atoms with van der Waals surface area (Å²) in [6.07, 6.45) is 5.63. The van der Waals surface area contributed by atoms with Gasteiger partial charge in [-0.25, -0.2) is 28.8 Å². The van der Waals surface area contributed by atoms with E-state index in [0.29, 0.717) is 102 Å². The maximum atomic E-state index is 12.3. The van der Waals surface area contributed by atoms with E-state index in [4.69, 9.17) is 63.7 Å². The summed E-state index contributed by atoms with van der Waals surface area (Å²) in [5.41, 5.74) is 9.03. The summed E-state index contributed by atoms with van der Waals surface area (Å²) in [6.45, 7) is 48.2. The molecule has 40 heteroatoms. The number of nitrogens with two attached hydrogens (primary N) is 1. The quantitative estimate of drug-likeness (QED) is 0.0489. The molecule has 6 aromatic heterocycles. The predicted octanol–water partition coefficient (Wildman–Crippen LogP) is 29.5. The lowest BCUT2D eigenvalue weighted by Crippen LogP contribution is -2.42. The van der Waals surface area contributed by atoms with Crippen molar-refractivity contribution in [3.05, 3.63) is 193 Å². The van der Waals surface area contributed by atoms with Crippen LogP contribution >= 0.6 is 95.6 Å². The van der Waals surface area contributed by atoms with Gasteiger partial charge in [-0.1, -0.05) is 173 Å². The largest absolute Gasteiger partial charge is 0.478 e. The van der Waals surface area contributed by atoms with Crippen molar-refractivity contribution in [1.29, 1.82) is 0 Å². The first-order valence-corrected chi connectivity index (χ1v) is 50.6. The zero-order valence-corrected chi connectivity index (χ0v) is 92.1. The number of carboxylic acid groups (broad SMARTS) is 1. The highest BCUT2D eigenvalue weighted by Crippen LogP contribution is 2.38. The lowest BCUT2D eigenvalue weighted by Gasteiger charge is -2.33. The minimum absolute atomic E-state index is 0. The number of aromatic amines is 4. The molecule has 0 bridgehead atoms. The summed E-state index contributed by atoms with van der Waals surface area (Å²) in [5.74, 6) is 2.15. The van der Waals surface area contributed by atoms with Crippen molar-refractivity contribution < 1.29 is 76.5 Å².